The number of hydrogen-bond acceptors (Lipinski definition) is 3. The van der Waals surface area contributed by atoms with Gasteiger partial charge < -0.3 is 15.5 Å². The smallest absolute Gasteiger partial charge is 0.316 e. The molecule has 1 aromatic carbocycles. The molecule has 0 fully saturated rings. The molecule has 122 valence electrons. The first-order valence-corrected chi connectivity index (χ1v) is 7.03. The van der Waals surface area contributed by atoms with E-state index in [1.807, 2.05) is 0 Å². The van der Waals surface area contributed by atoms with Crippen LogP contribution in [0.4, 0.5) is 4.39 Å². The maximum absolute atomic E-state index is 13.1. The first kappa shape index (κ1) is 18.1. The fourth-order valence-corrected chi connectivity index (χ4v) is 2.27. The Morgan fingerprint density at radius 3 is 2.41 bits per heavy atom. The molecule has 0 spiro atoms. The summed E-state index contributed by atoms with van der Waals surface area (Å²) in [5.74, 6) is -3.50. The molecule has 1 aromatic rings. The lowest BCUT2D eigenvalue weighted by Gasteiger charge is -2.28. The number of aliphatic hydroxyl groups excluding tert-OH is 1. The molecule has 2 unspecified atom stereocenters. The molecule has 0 heterocycles. The second-order valence-electron chi connectivity index (χ2n) is 6.36. The Bertz CT molecular complexity index is 539. The van der Waals surface area contributed by atoms with Gasteiger partial charge in [-0.15, -0.1) is 0 Å². The van der Waals surface area contributed by atoms with Gasteiger partial charge in [0.25, 0.3) is 0 Å². The van der Waals surface area contributed by atoms with Crippen LogP contribution < -0.4 is 5.32 Å². The summed E-state index contributed by atoms with van der Waals surface area (Å²) in [5, 5.41) is 21.1. The van der Waals surface area contributed by atoms with Crippen LogP contribution >= 0.6 is 0 Å². The van der Waals surface area contributed by atoms with Crippen molar-refractivity contribution >= 4 is 11.9 Å². The van der Waals surface area contributed by atoms with Crippen LogP contribution in [-0.2, 0) is 16.0 Å². The molecule has 0 bridgehead atoms. The molecule has 0 aliphatic rings. The van der Waals surface area contributed by atoms with Gasteiger partial charge in [-0.1, -0.05) is 32.9 Å². The van der Waals surface area contributed by atoms with Crippen LogP contribution in [-0.4, -0.2) is 34.7 Å². The lowest BCUT2D eigenvalue weighted by atomic mass is 9.80. The highest BCUT2D eigenvalue weighted by Gasteiger charge is 2.38. The predicted octanol–water partition coefficient (Wildman–Crippen LogP) is 1.59. The fourth-order valence-electron chi connectivity index (χ4n) is 2.27. The van der Waals surface area contributed by atoms with Crippen molar-refractivity contribution in [3.05, 3.63) is 35.6 Å². The molecule has 3 N–H and O–H groups in total. The number of carboxylic acids is 1. The van der Waals surface area contributed by atoms with Crippen LogP contribution in [0.25, 0.3) is 0 Å². The summed E-state index contributed by atoms with van der Waals surface area (Å²) in [5.41, 5.74) is -0.142. The molecule has 1 rings (SSSR count). The summed E-state index contributed by atoms with van der Waals surface area (Å²) in [7, 11) is 0. The second kappa shape index (κ2) is 7.35. The Labute approximate surface area is 129 Å². The van der Waals surface area contributed by atoms with Gasteiger partial charge in [-0.05, 0) is 29.5 Å². The van der Waals surface area contributed by atoms with Gasteiger partial charge in [0.05, 0.1) is 12.6 Å². The molecule has 1 amide bonds. The minimum atomic E-state index is -1.23. The molecular weight excluding hydrogens is 289 g/mol. The van der Waals surface area contributed by atoms with Crippen LogP contribution in [0, 0.1) is 17.2 Å². The SMILES string of the molecule is CC(C)(C)C(C(=O)O)C(=O)NC(CO)Cc1cccc(F)c1. The number of aliphatic carboxylic acids is 1. The van der Waals surface area contributed by atoms with Gasteiger partial charge in [-0.25, -0.2) is 4.39 Å². The van der Waals surface area contributed by atoms with E-state index in [0.29, 0.717) is 5.56 Å². The van der Waals surface area contributed by atoms with Gasteiger partial charge in [0.2, 0.25) is 5.91 Å². The maximum Gasteiger partial charge on any atom is 0.316 e. The average Bonchev–Trinajstić information content (AvgIpc) is 2.35. The summed E-state index contributed by atoms with van der Waals surface area (Å²) in [6.45, 7) is 4.61. The zero-order valence-corrected chi connectivity index (χ0v) is 13.0. The highest BCUT2D eigenvalue weighted by Crippen LogP contribution is 2.26. The number of hydrogen-bond donors (Lipinski definition) is 3. The highest BCUT2D eigenvalue weighted by atomic mass is 19.1. The quantitative estimate of drug-likeness (QED) is 0.696. The number of carboxylic acid groups (broad SMARTS) is 1. The molecule has 0 radical (unpaired) electrons. The predicted molar refractivity (Wildman–Crippen MR) is 79.7 cm³/mol. The van der Waals surface area contributed by atoms with E-state index in [0.717, 1.165) is 0 Å². The molecule has 0 aliphatic carbocycles. The van der Waals surface area contributed by atoms with Crippen molar-refractivity contribution in [1.29, 1.82) is 0 Å². The van der Waals surface area contributed by atoms with Crippen LogP contribution in [0.5, 0.6) is 0 Å². The number of benzene rings is 1. The van der Waals surface area contributed by atoms with Crippen LogP contribution in [0.2, 0.25) is 0 Å². The summed E-state index contributed by atoms with van der Waals surface area (Å²) in [6.07, 6.45) is 0.219. The van der Waals surface area contributed by atoms with Crippen molar-refractivity contribution < 1.29 is 24.2 Å². The molecule has 0 saturated carbocycles. The van der Waals surface area contributed by atoms with E-state index in [-0.39, 0.29) is 13.0 Å². The zero-order valence-electron chi connectivity index (χ0n) is 13.0. The number of halogens is 1. The van der Waals surface area contributed by atoms with E-state index in [4.69, 9.17) is 0 Å². The van der Waals surface area contributed by atoms with Crippen molar-refractivity contribution in [2.24, 2.45) is 11.3 Å². The number of nitrogens with one attached hydrogen (secondary N) is 1. The van der Waals surface area contributed by atoms with Gasteiger partial charge in [-0.3, -0.25) is 9.59 Å². The third-order valence-corrected chi connectivity index (χ3v) is 3.31. The first-order chi connectivity index (χ1) is 10.1. The summed E-state index contributed by atoms with van der Waals surface area (Å²) in [6, 6.07) is 5.16. The standard InChI is InChI=1S/C16H22FNO4/c1-16(2,3)13(15(21)22)14(20)18-12(9-19)8-10-5-4-6-11(17)7-10/h4-7,12-13,19H,8-9H2,1-3H3,(H,18,20)(H,21,22). The Kier molecular flexibility index (Phi) is 6.05. The van der Waals surface area contributed by atoms with E-state index in [1.54, 1.807) is 26.8 Å². The Morgan fingerprint density at radius 1 is 1.32 bits per heavy atom. The number of aliphatic hydroxyl groups is 1. The van der Waals surface area contributed by atoms with Crippen molar-refractivity contribution in [2.45, 2.75) is 33.2 Å². The second-order valence-corrected chi connectivity index (χ2v) is 6.36. The number of carbonyl (C=O) groups excluding carboxylic acids is 1. The lowest BCUT2D eigenvalue weighted by Crippen LogP contribution is -2.48. The largest absolute Gasteiger partial charge is 0.481 e. The minimum Gasteiger partial charge on any atom is -0.481 e. The third kappa shape index (κ3) is 5.11. The highest BCUT2D eigenvalue weighted by molar-refractivity contribution is 5.97. The molecule has 2 atom stereocenters. The molecular formula is C16H22FNO4. The number of rotatable bonds is 6. The van der Waals surface area contributed by atoms with E-state index in [2.05, 4.69) is 5.32 Å². The first-order valence-electron chi connectivity index (χ1n) is 7.03. The van der Waals surface area contributed by atoms with Gasteiger partial charge in [0.1, 0.15) is 11.7 Å². The monoisotopic (exact) mass is 311 g/mol. The fraction of sp³-hybridized carbons (Fsp3) is 0.500. The van der Waals surface area contributed by atoms with Crippen molar-refractivity contribution in [2.75, 3.05) is 6.61 Å². The van der Waals surface area contributed by atoms with E-state index >= 15 is 0 Å². The molecule has 0 aliphatic heterocycles. The van der Waals surface area contributed by atoms with Gasteiger partial charge in [0, 0.05) is 0 Å². The lowest BCUT2D eigenvalue weighted by molar-refractivity contribution is -0.151. The Balaban J connectivity index is 2.80. The maximum atomic E-state index is 13.1. The summed E-state index contributed by atoms with van der Waals surface area (Å²) >= 11 is 0. The number of amides is 1. The van der Waals surface area contributed by atoms with E-state index in [1.165, 1.54) is 18.2 Å². The molecule has 5 nitrogen and oxygen atoms in total. The minimum absolute atomic E-state index is 0.219. The van der Waals surface area contributed by atoms with Crippen molar-refractivity contribution in [1.82, 2.24) is 5.32 Å². The Morgan fingerprint density at radius 2 is 1.95 bits per heavy atom. The topological polar surface area (TPSA) is 86.6 Å². The summed E-state index contributed by atoms with van der Waals surface area (Å²) < 4.78 is 13.1. The Hall–Kier alpha value is -1.95. The average molecular weight is 311 g/mol. The van der Waals surface area contributed by atoms with Crippen molar-refractivity contribution in [3.63, 3.8) is 0 Å². The normalized spacial score (nSPS) is 14.2. The van der Waals surface area contributed by atoms with E-state index in [9.17, 15) is 24.2 Å². The molecule has 22 heavy (non-hydrogen) atoms. The van der Waals surface area contributed by atoms with Gasteiger partial charge >= 0.3 is 5.97 Å². The summed E-state index contributed by atoms with van der Waals surface area (Å²) in [4.78, 5) is 23.5. The van der Waals surface area contributed by atoms with Gasteiger partial charge in [-0.2, -0.15) is 0 Å². The molecule has 6 heteroatoms. The van der Waals surface area contributed by atoms with Crippen LogP contribution in [0.15, 0.2) is 24.3 Å². The third-order valence-electron chi connectivity index (χ3n) is 3.31. The van der Waals surface area contributed by atoms with Gasteiger partial charge in [0.15, 0.2) is 0 Å². The van der Waals surface area contributed by atoms with Crippen LogP contribution in [0.1, 0.15) is 26.3 Å². The van der Waals surface area contributed by atoms with Crippen LogP contribution in [0.3, 0.4) is 0 Å². The van der Waals surface area contributed by atoms with Crippen molar-refractivity contribution in [3.8, 4) is 0 Å². The molecule has 0 saturated heterocycles. The molecule has 0 aromatic heterocycles. The van der Waals surface area contributed by atoms with E-state index < -0.39 is 35.1 Å². The zero-order chi connectivity index (χ0) is 16.9. The number of carbonyl (C=O) groups is 2.